The number of hydrogen-bond acceptors (Lipinski definition) is 5. The Bertz CT molecular complexity index is 967. The average Bonchev–Trinajstić information content (AvgIpc) is 3.11. The summed E-state index contributed by atoms with van der Waals surface area (Å²) >= 11 is 0. The number of ether oxygens (including phenoxy) is 1. The maximum absolute atomic E-state index is 12.7. The molecule has 1 aliphatic heterocycles. The molecule has 2 amide bonds. The molecule has 0 atom stereocenters. The van der Waals surface area contributed by atoms with Gasteiger partial charge >= 0.3 is 0 Å². The van der Waals surface area contributed by atoms with Crippen LogP contribution < -0.4 is 15.4 Å². The molecule has 0 aliphatic carbocycles. The van der Waals surface area contributed by atoms with Crippen molar-refractivity contribution in [2.75, 3.05) is 17.2 Å². The lowest BCUT2D eigenvalue weighted by Gasteiger charge is -2.13. The second-order valence-electron chi connectivity index (χ2n) is 5.73. The molecule has 0 bridgehead atoms. The highest BCUT2D eigenvalue weighted by Crippen LogP contribution is 2.32. The molecule has 0 saturated heterocycles. The van der Waals surface area contributed by atoms with Crippen LogP contribution in [-0.2, 0) is 4.79 Å². The van der Waals surface area contributed by atoms with E-state index in [4.69, 9.17) is 9.15 Å². The van der Waals surface area contributed by atoms with Crippen LogP contribution >= 0.6 is 0 Å². The van der Waals surface area contributed by atoms with E-state index in [2.05, 4.69) is 15.6 Å². The second-order valence-corrected chi connectivity index (χ2v) is 5.73. The highest BCUT2D eigenvalue weighted by molar-refractivity contribution is 6.08. The summed E-state index contributed by atoms with van der Waals surface area (Å²) in [6.07, 6.45) is 3.20. The minimum atomic E-state index is -0.326. The van der Waals surface area contributed by atoms with Crippen LogP contribution in [-0.4, -0.2) is 23.4 Å². The summed E-state index contributed by atoms with van der Waals surface area (Å²) in [4.78, 5) is 28.3. The van der Waals surface area contributed by atoms with Crippen molar-refractivity contribution in [3.63, 3.8) is 0 Å². The van der Waals surface area contributed by atoms with Crippen molar-refractivity contribution in [2.24, 2.45) is 0 Å². The molecule has 7 heteroatoms. The summed E-state index contributed by atoms with van der Waals surface area (Å²) in [5, 5.41) is 5.59. The summed E-state index contributed by atoms with van der Waals surface area (Å²) in [6.45, 7) is 0.226. The van der Waals surface area contributed by atoms with Gasteiger partial charge in [-0.2, -0.15) is 0 Å². The molecule has 0 saturated carbocycles. The lowest BCUT2D eigenvalue weighted by atomic mass is 10.1. The van der Waals surface area contributed by atoms with Crippen molar-refractivity contribution in [1.82, 2.24) is 4.98 Å². The van der Waals surface area contributed by atoms with Crippen molar-refractivity contribution >= 4 is 23.2 Å². The fourth-order valence-electron chi connectivity index (χ4n) is 2.74. The number of rotatable bonds is 3. The quantitative estimate of drug-likeness (QED) is 0.756. The number of carbonyl (C=O) groups is 2. The van der Waals surface area contributed by atoms with Gasteiger partial charge in [0.25, 0.3) is 5.91 Å². The number of anilines is 2. The predicted octanol–water partition coefficient (Wildman–Crippen LogP) is 3.31. The lowest BCUT2D eigenvalue weighted by Crippen LogP contribution is -2.14. The number of benzene rings is 2. The van der Waals surface area contributed by atoms with Gasteiger partial charge in [0.1, 0.15) is 0 Å². The van der Waals surface area contributed by atoms with E-state index in [0.717, 1.165) is 5.56 Å². The van der Waals surface area contributed by atoms with Crippen molar-refractivity contribution in [3.05, 3.63) is 60.6 Å². The molecule has 7 nitrogen and oxygen atoms in total. The van der Waals surface area contributed by atoms with E-state index in [9.17, 15) is 9.59 Å². The van der Waals surface area contributed by atoms with Crippen molar-refractivity contribution in [1.29, 1.82) is 0 Å². The van der Waals surface area contributed by atoms with Gasteiger partial charge in [-0.1, -0.05) is 18.2 Å². The highest BCUT2D eigenvalue weighted by Gasteiger charge is 2.21. The predicted molar refractivity (Wildman–Crippen MR) is 95.1 cm³/mol. The van der Waals surface area contributed by atoms with Gasteiger partial charge in [0.05, 0.1) is 30.5 Å². The van der Waals surface area contributed by atoms with E-state index in [0.29, 0.717) is 28.4 Å². The Labute approximate surface area is 149 Å². The van der Waals surface area contributed by atoms with Crippen LogP contribution in [0.2, 0.25) is 0 Å². The van der Waals surface area contributed by atoms with Crippen LogP contribution in [0.3, 0.4) is 0 Å². The molecular weight excluding hydrogens is 334 g/mol. The molecule has 1 aromatic heterocycles. The Hall–Kier alpha value is -3.61. The third-order valence-electron chi connectivity index (χ3n) is 3.95. The molecule has 3 aromatic rings. The van der Waals surface area contributed by atoms with E-state index in [-0.39, 0.29) is 24.8 Å². The summed E-state index contributed by atoms with van der Waals surface area (Å²) in [6, 6.07) is 12.3. The highest BCUT2D eigenvalue weighted by atomic mass is 16.5. The Kier molecular flexibility index (Phi) is 4.10. The van der Waals surface area contributed by atoms with Crippen LogP contribution in [0.25, 0.3) is 11.3 Å². The van der Waals surface area contributed by atoms with E-state index in [1.165, 1.54) is 6.39 Å². The van der Waals surface area contributed by atoms with E-state index >= 15 is 0 Å². The van der Waals surface area contributed by atoms with Gasteiger partial charge in [-0.05, 0) is 24.3 Å². The number of amides is 2. The summed E-state index contributed by atoms with van der Waals surface area (Å²) < 4.78 is 10.9. The molecule has 1 aliphatic rings. The molecule has 130 valence electrons. The third kappa shape index (κ3) is 3.14. The van der Waals surface area contributed by atoms with Crippen LogP contribution in [0.15, 0.2) is 59.5 Å². The van der Waals surface area contributed by atoms with Gasteiger partial charge < -0.3 is 19.8 Å². The third-order valence-corrected chi connectivity index (χ3v) is 3.95. The fraction of sp³-hybridized carbons (Fsp3) is 0.105. The van der Waals surface area contributed by atoms with E-state index in [1.807, 2.05) is 12.1 Å². The van der Waals surface area contributed by atoms with Gasteiger partial charge in [0.2, 0.25) is 5.91 Å². The molecule has 0 spiro atoms. The first kappa shape index (κ1) is 15.9. The zero-order valence-electron chi connectivity index (χ0n) is 13.7. The van der Waals surface area contributed by atoms with E-state index < -0.39 is 0 Å². The zero-order valence-corrected chi connectivity index (χ0v) is 13.7. The van der Waals surface area contributed by atoms with Gasteiger partial charge in [0.15, 0.2) is 17.9 Å². The Morgan fingerprint density at radius 1 is 1.19 bits per heavy atom. The molecule has 2 N–H and O–H groups in total. The molecule has 2 heterocycles. The topological polar surface area (TPSA) is 93.5 Å². The maximum atomic E-state index is 12.7. The van der Waals surface area contributed by atoms with Crippen LogP contribution in [0.1, 0.15) is 16.8 Å². The van der Waals surface area contributed by atoms with Crippen molar-refractivity contribution in [2.45, 2.75) is 6.42 Å². The minimum absolute atomic E-state index is 0.138. The number of nitrogens with zero attached hydrogens (tertiary/aromatic N) is 1. The van der Waals surface area contributed by atoms with Crippen molar-refractivity contribution < 1.29 is 18.7 Å². The van der Waals surface area contributed by atoms with Gasteiger partial charge in [-0.25, -0.2) is 4.98 Å². The second kappa shape index (κ2) is 6.72. The molecule has 4 rings (SSSR count). The summed E-state index contributed by atoms with van der Waals surface area (Å²) in [5.41, 5.74) is 2.26. The molecule has 0 radical (unpaired) electrons. The van der Waals surface area contributed by atoms with Crippen LogP contribution in [0.4, 0.5) is 11.4 Å². The molecule has 26 heavy (non-hydrogen) atoms. The first-order valence-corrected chi connectivity index (χ1v) is 8.06. The number of fused-ring (bicyclic) bond motifs is 1. The Morgan fingerprint density at radius 2 is 2.08 bits per heavy atom. The van der Waals surface area contributed by atoms with Crippen LogP contribution in [0, 0.1) is 0 Å². The first-order chi connectivity index (χ1) is 12.7. The number of aromatic nitrogens is 1. The van der Waals surface area contributed by atoms with E-state index in [1.54, 1.807) is 36.5 Å². The molecule has 0 fully saturated rings. The SMILES string of the molecule is O=C1CCOc2c(cccc2C(=O)Nc2cccc(-c3cnco3)c2)N1. The maximum Gasteiger partial charge on any atom is 0.259 e. The van der Waals surface area contributed by atoms with Gasteiger partial charge in [-0.3, -0.25) is 9.59 Å². The molecule has 0 unspecified atom stereocenters. The number of carbonyl (C=O) groups excluding carboxylic acids is 2. The average molecular weight is 349 g/mol. The fourth-order valence-corrected chi connectivity index (χ4v) is 2.74. The monoisotopic (exact) mass is 349 g/mol. The smallest absolute Gasteiger partial charge is 0.259 e. The number of nitrogens with one attached hydrogen (secondary N) is 2. The standard InChI is InChI=1S/C19H15N3O4/c23-17-7-8-25-18-14(5-2-6-15(18)22-17)19(24)21-13-4-1-3-12(9-13)16-10-20-11-26-16/h1-6,9-11H,7-8H2,(H,21,24)(H,22,23). The number of para-hydroxylation sites is 1. The zero-order chi connectivity index (χ0) is 17.9. The van der Waals surface area contributed by atoms with Crippen molar-refractivity contribution in [3.8, 4) is 17.1 Å². The summed E-state index contributed by atoms with van der Waals surface area (Å²) in [5.74, 6) is 0.525. The van der Waals surface area contributed by atoms with Gasteiger partial charge in [-0.15, -0.1) is 0 Å². The first-order valence-electron chi connectivity index (χ1n) is 8.06. The molecular formula is C19H15N3O4. The Morgan fingerprint density at radius 3 is 2.92 bits per heavy atom. The van der Waals surface area contributed by atoms with Crippen LogP contribution in [0.5, 0.6) is 5.75 Å². The summed E-state index contributed by atoms with van der Waals surface area (Å²) in [7, 11) is 0. The Balaban J connectivity index is 1.61. The minimum Gasteiger partial charge on any atom is -0.490 e. The molecule has 2 aromatic carbocycles. The largest absolute Gasteiger partial charge is 0.490 e. The number of hydrogen-bond donors (Lipinski definition) is 2. The normalized spacial score (nSPS) is 13.2. The van der Waals surface area contributed by atoms with Gasteiger partial charge in [0, 0.05) is 11.3 Å². The number of oxazole rings is 1. The lowest BCUT2D eigenvalue weighted by molar-refractivity contribution is -0.116.